The van der Waals surface area contributed by atoms with Crippen LogP contribution in [0.1, 0.15) is 5.82 Å². The van der Waals surface area contributed by atoms with Crippen molar-refractivity contribution in [1.82, 2.24) is 14.9 Å². The molecule has 11 heteroatoms. The standard InChI is InChI=1S/C21H23N5O4S2/c22-32(28,29)16-7-5-15(6-8-16)23-20(27)14-31-21-17-3-1-2-4-18(17)24-19(25-21)13-26-9-11-30-12-10-26/h1-8H,9-14H2,(H,23,27)(H2,22,28,29). The lowest BCUT2D eigenvalue weighted by molar-refractivity contribution is -0.113. The molecule has 0 aliphatic carbocycles. The molecule has 4 rings (SSSR count). The van der Waals surface area contributed by atoms with Crippen molar-refractivity contribution in [3.63, 3.8) is 0 Å². The van der Waals surface area contributed by atoms with Crippen molar-refractivity contribution in [3.05, 3.63) is 54.4 Å². The average molecular weight is 474 g/mol. The molecule has 3 aromatic rings. The van der Waals surface area contributed by atoms with Crippen LogP contribution < -0.4 is 10.5 Å². The van der Waals surface area contributed by atoms with Crippen molar-refractivity contribution in [2.75, 3.05) is 37.4 Å². The van der Waals surface area contributed by atoms with Crippen LogP contribution in [0, 0.1) is 0 Å². The molecule has 2 aromatic carbocycles. The van der Waals surface area contributed by atoms with E-state index >= 15 is 0 Å². The summed E-state index contributed by atoms with van der Waals surface area (Å²) in [6, 6.07) is 13.5. The fraction of sp³-hybridized carbons (Fsp3) is 0.286. The van der Waals surface area contributed by atoms with E-state index in [9.17, 15) is 13.2 Å². The number of nitrogens with two attached hydrogens (primary N) is 1. The fourth-order valence-electron chi connectivity index (χ4n) is 3.29. The number of ether oxygens (including phenoxy) is 1. The van der Waals surface area contributed by atoms with Gasteiger partial charge in [0.1, 0.15) is 10.9 Å². The van der Waals surface area contributed by atoms with E-state index in [1.807, 2.05) is 24.3 Å². The molecule has 0 atom stereocenters. The van der Waals surface area contributed by atoms with Crippen molar-refractivity contribution in [2.24, 2.45) is 5.14 Å². The molecule has 0 spiro atoms. The predicted molar refractivity (Wildman–Crippen MR) is 123 cm³/mol. The summed E-state index contributed by atoms with van der Waals surface area (Å²) in [5.74, 6) is 0.637. The van der Waals surface area contributed by atoms with Crippen LogP contribution in [-0.2, 0) is 26.1 Å². The summed E-state index contributed by atoms with van der Waals surface area (Å²) in [6.45, 7) is 3.71. The molecule has 1 aliphatic rings. The lowest BCUT2D eigenvalue weighted by Gasteiger charge is -2.25. The summed E-state index contributed by atoms with van der Waals surface area (Å²) < 4.78 is 28.1. The summed E-state index contributed by atoms with van der Waals surface area (Å²) >= 11 is 1.34. The van der Waals surface area contributed by atoms with Gasteiger partial charge in [-0.1, -0.05) is 30.0 Å². The van der Waals surface area contributed by atoms with Gasteiger partial charge in [0, 0.05) is 24.2 Å². The third-order valence-electron chi connectivity index (χ3n) is 4.89. The number of benzene rings is 2. The summed E-state index contributed by atoms with van der Waals surface area (Å²) in [5.41, 5.74) is 1.33. The van der Waals surface area contributed by atoms with Gasteiger partial charge in [0.15, 0.2) is 0 Å². The van der Waals surface area contributed by atoms with Gasteiger partial charge < -0.3 is 10.1 Å². The molecule has 9 nitrogen and oxygen atoms in total. The Hall–Kier alpha value is -2.57. The number of para-hydroxylation sites is 1. The van der Waals surface area contributed by atoms with Crippen molar-refractivity contribution >= 4 is 44.3 Å². The first-order valence-corrected chi connectivity index (χ1v) is 12.5. The number of thioether (sulfide) groups is 1. The molecule has 168 valence electrons. The molecule has 2 heterocycles. The second-order valence-corrected chi connectivity index (χ2v) is 9.78. The molecule has 1 amide bonds. The smallest absolute Gasteiger partial charge is 0.238 e. The Morgan fingerprint density at radius 2 is 1.81 bits per heavy atom. The Kier molecular flexibility index (Phi) is 7.01. The molecule has 1 fully saturated rings. The fourth-order valence-corrected chi connectivity index (χ4v) is 4.65. The number of nitrogens with zero attached hydrogens (tertiary/aromatic N) is 3. The van der Waals surface area contributed by atoms with Gasteiger partial charge in [-0.25, -0.2) is 23.5 Å². The van der Waals surface area contributed by atoms with Gasteiger partial charge in [0.25, 0.3) is 0 Å². The number of carbonyl (C=O) groups is 1. The number of fused-ring (bicyclic) bond motifs is 1. The Bertz CT molecular complexity index is 1210. The topological polar surface area (TPSA) is 128 Å². The number of morpholine rings is 1. The molecule has 1 aromatic heterocycles. The monoisotopic (exact) mass is 473 g/mol. The zero-order valence-electron chi connectivity index (χ0n) is 17.2. The molecule has 0 saturated carbocycles. The SMILES string of the molecule is NS(=O)(=O)c1ccc(NC(=O)CSc2nc(CN3CCOCC3)nc3ccccc23)cc1. The highest BCUT2D eigenvalue weighted by Gasteiger charge is 2.15. The first-order valence-electron chi connectivity index (χ1n) is 10.00. The lowest BCUT2D eigenvalue weighted by Crippen LogP contribution is -2.36. The Balaban J connectivity index is 1.45. The van der Waals surface area contributed by atoms with Crippen molar-refractivity contribution in [2.45, 2.75) is 16.5 Å². The van der Waals surface area contributed by atoms with E-state index in [1.54, 1.807) is 0 Å². The Labute approximate surface area is 190 Å². The second-order valence-electron chi connectivity index (χ2n) is 7.26. The number of carbonyl (C=O) groups excluding carboxylic acids is 1. The maximum absolute atomic E-state index is 12.5. The first kappa shape index (κ1) is 22.6. The number of hydrogen-bond donors (Lipinski definition) is 2. The molecule has 3 N–H and O–H groups in total. The summed E-state index contributed by atoms with van der Waals surface area (Å²) in [7, 11) is -3.77. The van der Waals surface area contributed by atoms with Gasteiger partial charge in [0.2, 0.25) is 15.9 Å². The summed E-state index contributed by atoms with van der Waals surface area (Å²) in [4.78, 5) is 24.1. The normalized spacial score (nSPS) is 15.0. The van der Waals surface area contributed by atoms with E-state index in [-0.39, 0.29) is 16.6 Å². The van der Waals surface area contributed by atoms with Crippen molar-refractivity contribution < 1.29 is 17.9 Å². The minimum atomic E-state index is -3.77. The second kappa shape index (κ2) is 9.92. The van der Waals surface area contributed by atoms with Crippen LogP contribution >= 0.6 is 11.8 Å². The van der Waals surface area contributed by atoms with Crippen LogP contribution in [0.5, 0.6) is 0 Å². The number of nitrogens with one attached hydrogen (secondary N) is 1. The van der Waals surface area contributed by atoms with Gasteiger partial charge in [-0.3, -0.25) is 9.69 Å². The largest absolute Gasteiger partial charge is 0.379 e. The number of aromatic nitrogens is 2. The summed E-state index contributed by atoms with van der Waals surface area (Å²) in [6.07, 6.45) is 0. The maximum atomic E-state index is 12.5. The van der Waals surface area contributed by atoms with E-state index in [0.29, 0.717) is 31.3 Å². The van der Waals surface area contributed by atoms with E-state index in [0.717, 1.165) is 29.0 Å². The molecule has 0 unspecified atom stereocenters. The molecule has 0 radical (unpaired) electrons. The highest BCUT2D eigenvalue weighted by Crippen LogP contribution is 2.26. The van der Waals surface area contributed by atoms with E-state index in [2.05, 4.69) is 15.2 Å². The van der Waals surface area contributed by atoms with E-state index in [4.69, 9.17) is 14.9 Å². The number of rotatable bonds is 7. The number of amides is 1. The highest BCUT2D eigenvalue weighted by atomic mass is 32.2. The van der Waals surface area contributed by atoms with Crippen LogP contribution in [-0.4, -0.2) is 61.2 Å². The molecular formula is C21H23N5O4S2. The zero-order valence-corrected chi connectivity index (χ0v) is 18.9. The number of sulfonamides is 1. The third kappa shape index (κ3) is 5.81. The zero-order chi connectivity index (χ0) is 22.6. The lowest BCUT2D eigenvalue weighted by atomic mass is 10.2. The van der Waals surface area contributed by atoms with Crippen molar-refractivity contribution in [3.8, 4) is 0 Å². The first-order chi connectivity index (χ1) is 15.4. The van der Waals surface area contributed by atoms with Gasteiger partial charge in [-0.15, -0.1) is 0 Å². The predicted octanol–water partition coefficient (Wildman–Crippen LogP) is 1.84. The molecule has 0 bridgehead atoms. The van der Waals surface area contributed by atoms with Crippen LogP contribution in [0.25, 0.3) is 10.9 Å². The van der Waals surface area contributed by atoms with Gasteiger partial charge in [-0.2, -0.15) is 0 Å². The number of anilines is 1. The van der Waals surface area contributed by atoms with Gasteiger partial charge in [0.05, 0.1) is 35.9 Å². The maximum Gasteiger partial charge on any atom is 0.238 e. The van der Waals surface area contributed by atoms with E-state index < -0.39 is 10.0 Å². The van der Waals surface area contributed by atoms with E-state index in [1.165, 1.54) is 36.0 Å². The van der Waals surface area contributed by atoms with Gasteiger partial charge >= 0.3 is 0 Å². The average Bonchev–Trinajstić information content (AvgIpc) is 2.78. The molecular weight excluding hydrogens is 450 g/mol. The van der Waals surface area contributed by atoms with Crippen LogP contribution in [0.15, 0.2) is 58.5 Å². The quantitative estimate of drug-likeness (QED) is 0.393. The molecule has 32 heavy (non-hydrogen) atoms. The Morgan fingerprint density at radius 3 is 2.53 bits per heavy atom. The van der Waals surface area contributed by atoms with Crippen LogP contribution in [0.4, 0.5) is 5.69 Å². The van der Waals surface area contributed by atoms with Crippen LogP contribution in [0.2, 0.25) is 0 Å². The minimum absolute atomic E-state index is 0.00914. The van der Waals surface area contributed by atoms with Crippen LogP contribution in [0.3, 0.4) is 0 Å². The molecule has 1 aliphatic heterocycles. The van der Waals surface area contributed by atoms with Gasteiger partial charge in [-0.05, 0) is 30.3 Å². The molecule has 1 saturated heterocycles. The number of hydrogen-bond acceptors (Lipinski definition) is 8. The minimum Gasteiger partial charge on any atom is -0.379 e. The highest BCUT2D eigenvalue weighted by molar-refractivity contribution is 8.00. The Morgan fingerprint density at radius 1 is 1.09 bits per heavy atom. The number of primary sulfonamides is 1. The van der Waals surface area contributed by atoms with Crippen molar-refractivity contribution in [1.29, 1.82) is 0 Å². The third-order valence-corrected chi connectivity index (χ3v) is 6.81. The summed E-state index contributed by atoms with van der Waals surface area (Å²) in [5, 5.41) is 9.50.